The first-order valence-corrected chi connectivity index (χ1v) is 5.46. The van der Waals surface area contributed by atoms with Crippen LogP contribution >= 0.6 is 0 Å². The van der Waals surface area contributed by atoms with Gasteiger partial charge in [-0.15, -0.1) is 0 Å². The molecule has 3 nitrogen and oxygen atoms in total. The average Bonchev–Trinajstić information content (AvgIpc) is 2.25. The maximum absolute atomic E-state index is 4.24. The molecule has 15 heavy (non-hydrogen) atoms. The molecule has 0 saturated carbocycles. The van der Waals surface area contributed by atoms with E-state index in [4.69, 9.17) is 0 Å². The lowest BCUT2D eigenvalue weighted by Crippen LogP contribution is -2.28. The normalized spacial score (nSPS) is 12.3. The van der Waals surface area contributed by atoms with Crippen molar-refractivity contribution in [1.82, 2.24) is 10.6 Å². The minimum atomic E-state index is 0.798. The summed E-state index contributed by atoms with van der Waals surface area (Å²) < 4.78 is 0. The van der Waals surface area contributed by atoms with Crippen molar-refractivity contribution in [2.24, 2.45) is 4.99 Å². The van der Waals surface area contributed by atoms with Crippen LogP contribution in [-0.2, 0) is 0 Å². The first-order chi connectivity index (χ1) is 7.20. The number of nitrogens with one attached hydrogen (secondary N) is 2. The summed E-state index contributed by atoms with van der Waals surface area (Å²) in [5.41, 5.74) is 2.02. The molecule has 0 rings (SSSR count). The summed E-state index contributed by atoms with van der Waals surface area (Å²) in [5.74, 6) is 0. The van der Waals surface area contributed by atoms with Crippen molar-refractivity contribution in [1.29, 1.82) is 0 Å². The van der Waals surface area contributed by atoms with Gasteiger partial charge in [0.2, 0.25) is 0 Å². The van der Waals surface area contributed by atoms with Crippen LogP contribution in [-0.4, -0.2) is 32.4 Å². The van der Waals surface area contributed by atoms with E-state index in [9.17, 15) is 0 Å². The molecule has 0 aliphatic carbocycles. The van der Waals surface area contributed by atoms with E-state index in [0.717, 1.165) is 37.4 Å². The topological polar surface area (TPSA) is 36.4 Å². The minimum Gasteiger partial charge on any atom is -0.316 e. The molecule has 0 spiro atoms. The van der Waals surface area contributed by atoms with Crippen LogP contribution in [0.2, 0.25) is 0 Å². The average molecular weight is 209 g/mol. The van der Waals surface area contributed by atoms with Crippen LogP contribution in [0.3, 0.4) is 0 Å². The van der Waals surface area contributed by atoms with Gasteiger partial charge in [-0.3, -0.25) is 4.99 Å². The van der Waals surface area contributed by atoms with E-state index in [1.54, 1.807) is 0 Å². The SMILES string of the molecule is C=C(C=N/C(C)=C\C)CNCCNCC. The molecule has 86 valence electrons. The number of hydrogen-bond acceptors (Lipinski definition) is 3. The first-order valence-electron chi connectivity index (χ1n) is 5.46. The molecule has 0 atom stereocenters. The van der Waals surface area contributed by atoms with Crippen LogP contribution in [0.5, 0.6) is 0 Å². The first kappa shape index (κ1) is 14.1. The Morgan fingerprint density at radius 1 is 1.33 bits per heavy atom. The summed E-state index contributed by atoms with van der Waals surface area (Å²) >= 11 is 0. The second-order valence-electron chi connectivity index (χ2n) is 3.38. The molecule has 0 aliphatic rings. The Hall–Kier alpha value is -0.930. The van der Waals surface area contributed by atoms with Crippen LogP contribution in [0.1, 0.15) is 20.8 Å². The van der Waals surface area contributed by atoms with Gasteiger partial charge >= 0.3 is 0 Å². The van der Waals surface area contributed by atoms with Gasteiger partial charge in [-0.05, 0) is 26.0 Å². The molecule has 0 aromatic heterocycles. The second kappa shape index (κ2) is 9.62. The maximum atomic E-state index is 4.24. The summed E-state index contributed by atoms with van der Waals surface area (Å²) in [6.45, 7) is 13.7. The van der Waals surface area contributed by atoms with Crippen molar-refractivity contribution < 1.29 is 0 Å². The number of likely N-dealkylation sites (N-methyl/N-ethyl adjacent to an activating group) is 1. The second-order valence-corrected chi connectivity index (χ2v) is 3.38. The van der Waals surface area contributed by atoms with Gasteiger partial charge in [0.15, 0.2) is 0 Å². The molecule has 0 fully saturated rings. The summed E-state index contributed by atoms with van der Waals surface area (Å²) in [7, 11) is 0. The third-order valence-corrected chi connectivity index (χ3v) is 1.95. The number of allylic oxidation sites excluding steroid dienone is 2. The molecule has 0 unspecified atom stereocenters. The molecular formula is C12H23N3. The highest BCUT2D eigenvalue weighted by molar-refractivity contribution is 5.78. The monoisotopic (exact) mass is 209 g/mol. The maximum Gasteiger partial charge on any atom is 0.0330 e. The lowest BCUT2D eigenvalue weighted by atomic mass is 10.3. The number of aliphatic imine (C=N–C) groups is 1. The molecule has 0 aromatic carbocycles. The van der Waals surface area contributed by atoms with Crippen molar-refractivity contribution in [2.75, 3.05) is 26.2 Å². The highest BCUT2D eigenvalue weighted by atomic mass is 14.9. The van der Waals surface area contributed by atoms with E-state index < -0.39 is 0 Å². The standard InChI is InChI=1S/C12H23N3/c1-5-12(4)15-10-11(3)9-14-8-7-13-6-2/h5,10,13-14H,3,6-9H2,1-2,4H3/b12-5-,15-10?. The fraction of sp³-hybridized carbons (Fsp3) is 0.583. The number of nitrogens with zero attached hydrogens (tertiary/aromatic N) is 1. The van der Waals surface area contributed by atoms with Crippen LogP contribution in [0.4, 0.5) is 0 Å². The van der Waals surface area contributed by atoms with Gasteiger partial charge in [-0.2, -0.15) is 0 Å². The third kappa shape index (κ3) is 9.38. The molecule has 0 heterocycles. The van der Waals surface area contributed by atoms with Crippen LogP contribution in [0.15, 0.2) is 28.9 Å². The van der Waals surface area contributed by atoms with Gasteiger partial charge in [0.05, 0.1) is 0 Å². The summed E-state index contributed by atoms with van der Waals surface area (Å²) in [6.07, 6.45) is 3.79. The lowest BCUT2D eigenvalue weighted by molar-refractivity contribution is 0.651. The van der Waals surface area contributed by atoms with E-state index >= 15 is 0 Å². The third-order valence-electron chi connectivity index (χ3n) is 1.95. The highest BCUT2D eigenvalue weighted by Gasteiger charge is 1.89. The van der Waals surface area contributed by atoms with E-state index in [0.29, 0.717) is 0 Å². The molecular weight excluding hydrogens is 186 g/mol. The molecule has 2 N–H and O–H groups in total. The molecule has 0 aromatic rings. The molecule has 0 saturated heterocycles. The predicted octanol–water partition coefficient (Wildman–Crippen LogP) is 1.74. The van der Waals surface area contributed by atoms with Gasteiger partial charge < -0.3 is 10.6 Å². The van der Waals surface area contributed by atoms with E-state index in [-0.39, 0.29) is 0 Å². The zero-order valence-electron chi connectivity index (χ0n) is 10.1. The zero-order chi connectivity index (χ0) is 11.5. The number of hydrogen-bond donors (Lipinski definition) is 2. The summed E-state index contributed by atoms with van der Waals surface area (Å²) in [5, 5.41) is 6.54. The van der Waals surface area contributed by atoms with Crippen molar-refractivity contribution in [3.05, 3.63) is 23.9 Å². The Morgan fingerprint density at radius 3 is 2.60 bits per heavy atom. The molecule has 0 amide bonds. The summed E-state index contributed by atoms with van der Waals surface area (Å²) in [6, 6.07) is 0. The molecule has 0 aliphatic heterocycles. The Labute approximate surface area is 93.4 Å². The van der Waals surface area contributed by atoms with Gasteiger partial charge in [0, 0.05) is 31.5 Å². The highest BCUT2D eigenvalue weighted by Crippen LogP contribution is 1.93. The molecule has 0 bridgehead atoms. The van der Waals surface area contributed by atoms with Gasteiger partial charge in [0.1, 0.15) is 0 Å². The van der Waals surface area contributed by atoms with E-state index in [1.165, 1.54) is 0 Å². The van der Waals surface area contributed by atoms with Gasteiger partial charge in [-0.1, -0.05) is 19.6 Å². The Balaban J connectivity index is 3.54. The van der Waals surface area contributed by atoms with Crippen LogP contribution < -0.4 is 10.6 Å². The van der Waals surface area contributed by atoms with Crippen molar-refractivity contribution in [2.45, 2.75) is 20.8 Å². The minimum absolute atomic E-state index is 0.798. The van der Waals surface area contributed by atoms with Crippen molar-refractivity contribution in [3.8, 4) is 0 Å². The lowest BCUT2D eigenvalue weighted by Gasteiger charge is -2.04. The van der Waals surface area contributed by atoms with Gasteiger partial charge in [-0.25, -0.2) is 0 Å². The van der Waals surface area contributed by atoms with Crippen LogP contribution in [0, 0.1) is 0 Å². The van der Waals surface area contributed by atoms with Crippen molar-refractivity contribution in [3.63, 3.8) is 0 Å². The van der Waals surface area contributed by atoms with E-state index in [2.05, 4.69) is 29.1 Å². The van der Waals surface area contributed by atoms with E-state index in [1.807, 2.05) is 26.1 Å². The smallest absolute Gasteiger partial charge is 0.0330 e. The largest absolute Gasteiger partial charge is 0.316 e. The molecule has 0 radical (unpaired) electrons. The van der Waals surface area contributed by atoms with Crippen molar-refractivity contribution >= 4 is 6.21 Å². The fourth-order valence-corrected chi connectivity index (χ4v) is 0.916. The molecule has 3 heteroatoms. The number of rotatable bonds is 8. The Morgan fingerprint density at radius 2 is 2.00 bits per heavy atom. The van der Waals surface area contributed by atoms with Gasteiger partial charge in [0.25, 0.3) is 0 Å². The quantitative estimate of drug-likeness (QED) is 0.472. The predicted molar refractivity (Wildman–Crippen MR) is 68.5 cm³/mol. The Kier molecular flexibility index (Phi) is 9.02. The summed E-state index contributed by atoms with van der Waals surface area (Å²) in [4.78, 5) is 4.24. The zero-order valence-corrected chi connectivity index (χ0v) is 10.1. The van der Waals surface area contributed by atoms with Crippen LogP contribution in [0.25, 0.3) is 0 Å². The fourth-order valence-electron chi connectivity index (χ4n) is 0.916. The Bertz CT molecular complexity index is 229.